The summed E-state index contributed by atoms with van der Waals surface area (Å²) in [6, 6.07) is 4.14. The van der Waals surface area contributed by atoms with Gasteiger partial charge in [0.25, 0.3) is 0 Å². The minimum Gasteiger partial charge on any atom is -0.321 e. The molecule has 0 radical (unpaired) electrons. The Morgan fingerprint density at radius 1 is 1.25 bits per heavy atom. The zero-order valence-corrected chi connectivity index (χ0v) is 12.0. The Morgan fingerprint density at radius 2 is 2.10 bits per heavy atom. The Morgan fingerprint density at radius 3 is 2.85 bits per heavy atom. The van der Waals surface area contributed by atoms with Crippen LogP contribution in [-0.2, 0) is 6.54 Å². The van der Waals surface area contributed by atoms with Crippen LogP contribution in [0.3, 0.4) is 0 Å². The summed E-state index contributed by atoms with van der Waals surface area (Å²) < 4.78 is 1.96. The lowest BCUT2D eigenvalue weighted by Crippen LogP contribution is -2.22. The predicted molar refractivity (Wildman–Crippen MR) is 78.6 cm³/mol. The Balaban J connectivity index is 0.00000121. The van der Waals surface area contributed by atoms with E-state index in [9.17, 15) is 0 Å². The number of hydrogen-bond donors (Lipinski definition) is 1. The maximum Gasteiger partial charge on any atom is 0.181 e. The zero-order valence-electron chi connectivity index (χ0n) is 11.2. The van der Waals surface area contributed by atoms with Crippen LogP contribution in [-0.4, -0.2) is 19.7 Å². The molecule has 0 spiro atoms. The molecule has 0 saturated heterocycles. The Hall–Kier alpha value is -1.46. The van der Waals surface area contributed by atoms with E-state index in [1.54, 1.807) is 0 Å². The van der Waals surface area contributed by atoms with Crippen LogP contribution in [0.25, 0.3) is 11.4 Å². The molecule has 2 N–H and O–H groups in total. The quantitative estimate of drug-likeness (QED) is 0.922. The summed E-state index contributed by atoms with van der Waals surface area (Å²) in [6.45, 7) is 0.927. The van der Waals surface area contributed by atoms with E-state index in [1.807, 2.05) is 16.9 Å². The number of aryl methyl sites for hydroxylation is 1. The average molecular weight is 292 g/mol. The van der Waals surface area contributed by atoms with Gasteiger partial charge in [-0.3, -0.25) is 4.98 Å². The van der Waals surface area contributed by atoms with Crippen LogP contribution in [0.1, 0.15) is 49.2 Å². The lowest BCUT2D eigenvalue weighted by atomic mass is 10.1. The average Bonchev–Trinajstić information content (AvgIpc) is 3.19. The van der Waals surface area contributed by atoms with E-state index in [1.165, 1.54) is 18.5 Å². The van der Waals surface area contributed by atoms with Crippen LogP contribution >= 0.6 is 12.4 Å². The Kier molecular flexibility index (Phi) is 3.48. The van der Waals surface area contributed by atoms with Crippen molar-refractivity contribution in [2.24, 2.45) is 5.73 Å². The van der Waals surface area contributed by atoms with E-state index in [4.69, 9.17) is 5.73 Å². The predicted octanol–water partition coefficient (Wildman–Crippen LogP) is 2.43. The van der Waals surface area contributed by atoms with Crippen molar-refractivity contribution in [1.82, 2.24) is 19.7 Å². The van der Waals surface area contributed by atoms with E-state index in [0.717, 1.165) is 36.6 Å². The van der Waals surface area contributed by atoms with Gasteiger partial charge in [0.15, 0.2) is 5.82 Å². The van der Waals surface area contributed by atoms with Crippen molar-refractivity contribution in [2.75, 3.05) is 0 Å². The van der Waals surface area contributed by atoms with Gasteiger partial charge in [-0.2, -0.15) is 5.10 Å². The number of fused-ring (bicyclic) bond motifs is 1. The SMILES string of the molecule is Cl.NC1CCCn2nc(-c3ccnc(C4CC4)c3)nc21. The summed E-state index contributed by atoms with van der Waals surface area (Å²) >= 11 is 0. The second kappa shape index (κ2) is 5.14. The molecule has 4 rings (SSSR count). The minimum absolute atomic E-state index is 0. The smallest absolute Gasteiger partial charge is 0.181 e. The molecule has 3 heterocycles. The standard InChI is InChI=1S/C14H17N5.ClH/c15-11-2-1-7-19-14(11)17-13(18-19)10-5-6-16-12(8-10)9-3-4-9;/h5-6,8-9,11H,1-4,7,15H2;1H. The molecule has 0 aromatic carbocycles. The molecule has 1 fully saturated rings. The molecule has 5 nitrogen and oxygen atoms in total. The lowest BCUT2D eigenvalue weighted by molar-refractivity contribution is 0.422. The minimum atomic E-state index is 0. The molecule has 1 aliphatic heterocycles. The highest BCUT2D eigenvalue weighted by molar-refractivity contribution is 5.85. The molecule has 0 amide bonds. The van der Waals surface area contributed by atoms with Gasteiger partial charge in [0, 0.05) is 29.9 Å². The molecule has 1 unspecified atom stereocenters. The topological polar surface area (TPSA) is 69.6 Å². The van der Waals surface area contributed by atoms with E-state index in [2.05, 4.69) is 21.1 Å². The largest absolute Gasteiger partial charge is 0.321 e. The second-order valence-electron chi connectivity index (χ2n) is 5.51. The van der Waals surface area contributed by atoms with Gasteiger partial charge in [0.2, 0.25) is 0 Å². The number of nitrogens with zero attached hydrogens (tertiary/aromatic N) is 4. The van der Waals surface area contributed by atoms with Crippen molar-refractivity contribution in [3.05, 3.63) is 29.8 Å². The molecule has 2 aromatic rings. The molecule has 2 aromatic heterocycles. The zero-order chi connectivity index (χ0) is 12.8. The Bertz CT molecular complexity index is 620. The van der Waals surface area contributed by atoms with Crippen molar-refractivity contribution >= 4 is 12.4 Å². The van der Waals surface area contributed by atoms with Crippen molar-refractivity contribution in [2.45, 2.75) is 44.2 Å². The molecule has 1 saturated carbocycles. The fourth-order valence-corrected chi connectivity index (χ4v) is 2.70. The van der Waals surface area contributed by atoms with Crippen LogP contribution in [0, 0.1) is 0 Å². The maximum atomic E-state index is 6.09. The van der Waals surface area contributed by atoms with Gasteiger partial charge in [0.05, 0.1) is 6.04 Å². The van der Waals surface area contributed by atoms with E-state index >= 15 is 0 Å². The van der Waals surface area contributed by atoms with Crippen molar-refractivity contribution in [3.63, 3.8) is 0 Å². The third kappa shape index (κ3) is 2.31. The van der Waals surface area contributed by atoms with Crippen LogP contribution in [0.15, 0.2) is 18.3 Å². The van der Waals surface area contributed by atoms with E-state index < -0.39 is 0 Å². The summed E-state index contributed by atoms with van der Waals surface area (Å²) in [5, 5.41) is 4.59. The summed E-state index contributed by atoms with van der Waals surface area (Å²) in [4.78, 5) is 9.06. The summed E-state index contributed by atoms with van der Waals surface area (Å²) in [5.74, 6) is 2.36. The molecule has 6 heteroatoms. The first-order chi connectivity index (χ1) is 9.31. The van der Waals surface area contributed by atoms with Gasteiger partial charge in [0.1, 0.15) is 5.82 Å². The number of nitrogens with two attached hydrogens (primary N) is 1. The third-order valence-electron chi connectivity index (χ3n) is 3.95. The highest BCUT2D eigenvalue weighted by Crippen LogP contribution is 2.39. The third-order valence-corrected chi connectivity index (χ3v) is 3.95. The number of hydrogen-bond acceptors (Lipinski definition) is 4. The van der Waals surface area contributed by atoms with Crippen molar-refractivity contribution in [3.8, 4) is 11.4 Å². The number of pyridine rings is 1. The van der Waals surface area contributed by atoms with Crippen LogP contribution in [0.4, 0.5) is 0 Å². The molecular formula is C14H18ClN5. The van der Waals surface area contributed by atoms with Crippen LogP contribution < -0.4 is 5.73 Å². The fourth-order valence-electron chi connectivity index (χ4n) is 2.70. The van der Waals surface area contributed by atoms with Gasteiger partial charge in [-0.05, 0) is 37.8 Å². The second-order valence-corrected chi connectivity index (χ2v) is 5.51. The molecule has 2 aliphatic rings. The molecule has 106 valence electrons. The summed E-state index contributed by atoms with van der Waals surface area (Å²) in [5.41, 5.74) is 8.33. The fraction of sp³-hybridized carbons (Fsp3) is 0.500. The lowest BCUT2D eigenvalue weighted by Gasteiger charge is -2.17. The van der Waals surface area contributed by atoms with Crippen molar-refractivity contribution in [1.29, 1.82) is 0 Å². The van der Waals surface area contributed by atoms with Gasteiger partial charge in [-0.1, -0.05) is 0 Å². The summed E-state index contributed by atoms with van der Waals surface area (Å²) in [7, 11) is 0. The highest BCUT2D eigenvalue weighted by Gasteiger charge is 2.26. The first-order valence-corrected chi connectivity index (χ1v) is 6.98. The first-order valence-electron chi connectivity index (χ1n) is 6.98. The molecule has 0 bridgehead atoms. The molecule has 20 heavy (non-hydrogen) atoms. The Labute approximate surface area is 124 Å². The summed E-state index contributed by atoms with van der Waals surface area (Å²) in [6.07, 6.45) is 6.47. The number of halogens is 1. The van der Waals surface area contributed by atoms with Gasteiger partial charge < -0.3 is 5.73 Å². The monoisotopic (exact) mass is 291 g/mol. The van der Waals surface area contributed by atoms with Gasteiger partial charge in [-0.15, -0.1) is 12.4 Å². The first kappa shape index (κ1) is 13.5. The van der Waals surface area contributed by atoms with Crippen LogP contribution in [0.5, 0.6) is 0 Å². The molecular weight excluding hydrogens is 274 g/mol. The highest BCUT2D eigenvalue weighted by atomic mass is 35.5. The number of rotatable bonds is 2. The van der Waals surface area contributed by atoms with Gasteiger partial charge in [-0.25, -0.2) is 9.67 Å². The van der Waals surface area contributed by atoms with Crippen molar-refractivity contribution < 1.29 is 0 Å². The normalized spacial score (nSPS) is 21.1. The van der Waals surface area contributed by atoms with E-state index in [0.29, 0.717) is 5.92 Å². The number of aromatic nitrogens is 4. The molecule has 1 atom stereocenters. The van der Waals surface area contributed by atoms with Gasteiger partial charge >= 0.3 is 0 Å². The van der Waals surface area contributed by atoms with Crippen LogP contribution in [0.2, 0.25) is 0 Å². The maximum absolute atomic E-state index is 6.09. The van der Waals surface area contributed by atoms with E-state index in [-0.39, 0.29) is 18.4 Å². The molecule has 1 aliphatic carbocycles.